The molecule has 0 atom stereocenters. The van der Waals surface area contributed by atoms with E-state index in [1.165, 1.54) is 0 Å². The van der Waals surface area contributed by atoms with E-state index in [2.05, 4.69) is 33.0 Å². The highest BCUT2D eigenvalue weighted by molar-refractivity contribution is 9.10. The van der Waals surface area contributed by atoms with Crippen molar-refractivity contribution >= 4 is 26.8 Å². The molecule has 1 heterocycles. The largest absolute Gasteiger partial charge is 0.354 e. The number of H-pyrrole nitrogens is 1. The summed E-state index contributed by atoms with van der Waals surface area (Å²) in [7, 11) is 0. The summed E-state index contributed by atoms with van der Waals surface area (Å²) in [6.45, 7) is 0. The highest BCUT2D eigenvalue weighted by atomic mass is 79.9. The van der Waals surface area contributed by atoms with Crippen molar-refractivity contribution in [3.8, 4) is 17.3 Å². The minimum Gasteiger partial charge on any atom is -0.354 e. The van der Waals surface area contributed by atoms with Crippen LogP contribution in [0.2, 0.25) is 0 Å². The molecule has 3 heteroatoms. The molecule has 0 saturated carbocycles. The zero-order chi connectivity index (χ0) is 12.5. The molecule has 3 aromatic rings. The van der Waals surface area contributed by atoms with E-state index in [4.69, 9.17) is 5.26 Å². The van der Waals surface area contributed by atoms with Crippen molar-refractivity contribution in [3.05, 3.63) is 58.6 Å². The highest BCUT2D eigenvalue weighted by Gasteiger charge is 2.09. The van der Waals surface area contributed by atoms with E-state index in [0.29, 0.717) is 5.56 Å². The average Bonchev–Trinajstić information content (AvgIpc) is 2.77. The minimum absolute atomic E-state index is 0.672. The lowest BCUT2D eigenvalue weighted by atomic mass is 10.1. The average molecular weight is 297 g/mol. The molecule has 0 aliphatic carbocycles. The number of fused-ring (bicyclic) bond motifs is 1. The minimum atomic E-state index is 0.672. The maximum atomic E-state index is 8.80. The molecule has 0 bridgehead atoms. The van der Waals surface area contributed by atoms with Crippen LogP contribution in [-0.4, -0.2) is 4.98 Å². The molecule has 18 heavy (non-hydrogen) atoms. The van der Waals surface area contributed by atoms with E-state index in [1.54, 1.807) is 0 Å². The van der Waals surface area contributed by atoms with Gasteiger partial charge in [-0.15, -0.1) is 0 Å². The molecule has 1 aromatic heterocycles. The number of benzene rings is 2. The first-order valence-corrected chi connectivity index (χ1v) is 6.35. The van der Waals surface area contributed by atoms with Crippen LogP contribution in [0, 0.1) is 11.3 Å². The van der Waals surface area contributed by atoms with Gasteiger partial charge in [-0.05, 0) is 39.7 Å². The number of halogens is 1. The Morgan fingerprint density at radius 3 is 2.39 bits per heavy atom. The summed E-state index contributed by atoms with van der Waals surface area (Å²) >= 11 is 3.63. The first-order chi connectivity index (χ1) is 8.79. The van der Waals surface area contributed by atoms with Crippen molar-refractivity contribution < 1.29 is 0 Å². The van der Waals surface area contributed by atoms with Crippen molar-refractivity contribution in [1.29, 1.82) is 5.26 Å². The van der Waals surface area contributed by atoms with E-state index < -0.39 is 0 Å². The van der Waals surface area contributed by atoms with Gasteiger partial charge >= 0.3 is 0 Å². The molecule has 0 aliphatic heterocycles. The molecule has 3 rings (SSSR count). The van der Waals surface area contributed by atoms with Crippen molar-refractivity contribution in [2.45, 2.75) is 0 Å². The fourth-order valence-corrected chi connectivity index (χ4v) is 2.69. The lowest BCUT2D eigenvalue weighted by Crippen LogP contribution is -1.79. The summed E-state index contributed by atoms with van der Waals surface area (Å²) in [6.07, 6.45) is 0. The lowest BCUT2D eigenvalue weighted by molar-refractivity contribution is 1.43. The number of nitrogens with one attached hydrogen (secondary N) is 1. The zero-order valence-corrected chi connectivity index (χ0v) is 11.0. The maximum absolute atomic E-state index is 8.80. The number of aromatic amines is 1. The number of hydrogen-bond donors (Lipinski definition) is 1. The molecule has 86 valence electrons. The third-order valence-electron chi connectivity index (χ3n) is 2.95. The zero-order valence-electron chi connectivity index (χ0n) is 9.44. The molecule has 0 fully saturated rings. The Balaban J connectivity index is 2.19. The molecule has 0 aliphatic rings. The maximum Gasteiger partial charge on any atom is 0.0991 e. The third kappa shape index (κ3) is 1.71. The van der Waals surface area contributed by atoms with Crippen LogP contribution in [0.1, 0.15) is 5.56 Å². The standard InChI is InChI=1S/C15H9BrN2/c16-14-12-3-1-2-4-13(12)18-15(14)11-7-5-10(9-17)6-8-11/h1-8,18H. The van der Waals surface area contributed by atoms with Crippen molar-refractivity contribution in [2.24, 2.45) is 0 Å². The quantitative estimate of drug-likeness (QED) is 0.707. The summed E-state index contributed by atoms with van der Waals surface area (Å²) in [5.41, 5.74) is 3.88. The van der Waals surface area contributed by atoms with Gasteiger partial charge in [0.2, 0.25) is 0 Å². The number of hydrogen-bond acceptors (Lipinski definition) is 1. The second-order valence-electron chi connectivity index (χ2n) is 4.05. The van der Waals surface area contributed by atoms with Gasteiger partial charge in [0.1, 0.15) is 0 Å². The van der Waals surface area contributed by atoms with Gasteiger partial charge in [-0.1, -0.05) is 30.3 Å². The summed E-state index contributed by atoms with van der Waals surface area (Å²) in [5.74, 6) is 0. The highest BCUT2D eigenvalue weighted by Crippen LogP contribution is 2.34. The van der Waals surface area contributed by atoms with Crippen LogP contribution in [0.15, 0.2) is 53.0 Å². The summed E-state index contributed by atoms with van der Waals surface area (Å²) < 4.78 is 1.06. The topological polar surface area (TPSA) is 39.6 Å². The van der Waals surface area contributed by atoms with Gasteiger partial charge in [0.15, 0.2) is 0 Å². The van der Waals surface area contributed by atoms with Crippen LogP contribution in [0.3, 0.4) is 0 Å². The van der Waals surface area contributed by atoms with Gasteiger partial charge < -0.3 is 4.98 Å². The van der Waals surface area contributed by atoms with E-state index in [0.717, 1.165) is 26.6 Å². The Morgan fingerprint density at radius 1 is 1.00 bits per heavy atom. The number of aromatic nitrogens is 1. The van der Waals surface area contributed by atoms with Gasteiger partial charge in [-0.2, -0.15) is 5.26 Å². The summed E-state index contributed by atoms with van der Waals surface area (Å²) in [5, 5.41) is 9.96. The van der Waals surface area contributed by atoms with E-state index in [-0.39, 0.29) is 0 Å². The molecular weight excluding hydrogens is 288 g/mol. The van der Waals surface area contributed by atoms with Gasteiger partial charge in [0.25, 0.3) is 0 Å². The van der Waals surface area contributed by atoms with Crippen LogP contribution >= 0.6 is 15.9 Å². The first kappa shape index (κ1) is 11.1. The monoisotopic (exact) mass is 296 g/mol. The Morgan fingerprint density at radius 2 is 1.72 bits per heavy atom. The second kappa shape index (κ2) is 4.32. The molecule has 0 unspecified atom stereocenters. The fourth-order valence-electron chi connectivity index (χ4n) is 2.02. The number of nitriles is 1. The Bertz CT molecular complexity index is 748. The van der Waals surface area contributed by atoms with Crippen LogP contribution in [0.4, 0.5) is 0 Å². The van der Waals surface area contributed by atoms with E-state index in [9.17, 15) is 0 Å². The molecule has 0 spiro atoms. The van der Waals surface area contributed by atoms with Crippen LogP contribution < -0.4 is 0 Å². The van der Waals surface area contributed by atoms with E-state index in [1.807, 2.05) is 42.5 Å². The molecule has 2 aromatic carbocycles. The number of nitrogens with zero attached hydrogens (tertiary/aromatic N) is 1. The molecule has 0 saturated heterocycles. The lowest BCUT2D eigenvalue weighted by Gasteiger charge is -1.99. The molecule has 0 amide bonds. The van der Waals surface area contributed by atoms with Crippen LogP contribution in [0.25, 0.3) is 22.2 Å². The van der Waals surface area contributed by atoms with Crippen molar-refractivity contribution in [3.63, 3.8) is 0 Å². The number of para-hydroxylation sites is 1. The fraction of sp³-hybridized carbons (Fsp3) is 0. The van der Waals surface area contributed by atoms with Crippen molar-refractivity contribution in [1.82, 2.24) is 4.98 Å². The second-order valence-corrected chi connectivity index (χ2v) is 4.84. The predicted molar refractivity (Wildman–Crippen MR) is 76.1 cm³/mol. The third-order valence-corrected chi connectivity index (χ3v) is 3.77. The van der Waals surface area contributed by atoms with Gasteiger partial charge in [-0.3, -0.25) is 0 Å². The molecule has 0 radical (unpaired) electrons. The summed E-state index contributed by atoms with van der Waals surface area (Å²) in [6, 6.07) is 17.8. The van der Waals surface area contributed by atoms with Gasteiger partial charge in [-0.25, -0.2) is 0 Å². The Hall–Kier alpha value is -2.05. The number of rotatable bonds is 1. The van der Waals surface area contributed by atoms with Crippen molar-refractivity contribution in [2.75, 3.05) is 0 Å². The van der Waals surface area contributed by atoms with Crippen LogP contribution in [0.5, 0.6) is 0 Å². The van der Waals surface area contributed by atoms with Gasteiger partial charge in [0.05, 0.1) is 21.8 Å². The smallest absolute Gasteiger partial charge is 0.0991 e. The Kier molecular flexibility index (Phi) is 2.66. The normalized spacial score (nSPS) is 10.4. The Labute approximate surface area is 113 Å². The molecule has 1 N–H and O–H groups in total. The van der Waals surface area contributed by atoms with Gasteiger partial charge in [0, 0.05) is 10.9 Å². The first-order valence-electron chi connectivity index (χ1n) is 5.56. The molecular formula is C15H9BrN2. The molecule has 2 nitrogen and oxygen atoms in total. The predicted octanol–water partition coefficient (Wildman–Crippen LogP) is 4.47. The SMILES string of the molecule is N#Cc1ccc(-c2[nH]c3ccccc3c2Br)cc1. The summed E-state index contributed by atoms with van der Waals surface area (Å²) in [4.78, 5) is 3.39. The van der Waals surface area contributed by atoms with E-state index >= 15 is 0 Å². The van der Waals surface area contributed by atoms with Crippen LogP contribution in [-0.2, 0) is 0 Å².